The Morgan fingerprint density at radius 2 is 1.05 bits per heavy atom. The van der Waals surface area contributed by atoms with Gasteiger partial charge in [0.25, 0.3) is 0 Å². The lowest BCUT2D eigenvalue weighted by Crippen LogP contribution is -1.94. The molecule has 0 fully saturated rings. The zero-order valence-electron chi connectivity index (χ0n) is 21.2. The van der Waals surface area contributed by atoms with Crippen LogP contribution in [0.3, 0.4) is 0 Å². The van der Waals surface area contributed by atoms with E-state index in [4.69, 9.17) is 0 Å². The SMILES string of the molecule is c1cc(-c2ccc3c(c2)-c2cccc4cccc-3c24)cc(-n2c3ccccc3c3cc4ccccc4cc32)c1. The highest BCUT2D eigenvalue weighted by molar-refractivity contribution is 6.16. The Morgan fingerprint density at radius 3 is 1.92 bits per heavy atom. The summed E-state index contributed by atoms with van der Waals surface area (Å²) in [5, 5.41) is 7.79. The van der Waals surface area contributed by atoms with Gasteiger partial charge in [0.05, 0.1) is 11.0 Å². The summed E-state index contributed by atoms with van der Waals surface area (Å²) >= 11 is 0. The average molecular weight is 494 g/mol. The third-order valence-corrected chi connectivity index (χ3v) is 8.48. The van der Waals surface area contributed by atoms with Gasteiger partial charge in [-0.25, -0.2) is 0 Å². The molecular formula is C38H23N. The topological polar surface area (TPSA) is 4.93 Å². The molecule has 1 heteroatoms. The Labute approximate surface area is 226 Å². The predicted molar refractivity (Wildman–Crippen MR) is 166 cm³/mol. The minimum Gasteiger partial charge on any atom is -0.309 e. The second-order valence-electron chi connectivity index (χ2n) is 10.6. The van der Waals surface area contributed by atoms with E-state index in [1.165, 1.54) is 82.4 Å². The van der Waals surface area contributed by atoms with Crippen molar-refractivity contribution >= 4 is 43.4 Å². The number of rotatable bonds is 2. The predicted octanol–water partition coefficient (Wildman–Crippen LogP) is 10.4. The van der Waals surface area contributed by atoms with Gasteiger partial charge in [0.2, 0.25) is 0 Å². The van der Waals surface area contributed by atoms with Crippen LogP contribution in [0.1, 0.15) is 0 Å². The quantitative estimate of drug-likeness (QED) is 0.226. The van der Waals surface area contributed by atoms with Crippen LogP contribution in [0.15, 0.2) is 140 Å². The molecule has 0 atom stereocenters. The lowest BCUT2D eigenvalue weighted by atomic mass is 9.97. The van der Waals surface area contributed by atoms with Crippen molar-refractivity contribution in [1.82, 2.24) is 4.57 Å². The van der Waals surface area contributed by atoms with E-state index in [2.05, 4.69) is 144 Å². The minimum absolute atomic E-state index is 1.18. The Bertz CT molecular complexity index is 2280. The van der Waals surface area contributed by atoms with E-state index in [1.54, 1.807) is 0 Å². The number of nitrogens with zero attached hydrogens (tertiary/aromatic N) is 1. The summed E-state index contributed by atoms with van der Waals surface area (Å²) in [5.74, 6) is 0. The number of hydrogen-bond donors (Lipinski definition) is 0. The van der Waals surface area contributed by atoms with Crippen LogP contribution in [0, 0.1) is 0 Å². The lowest BCUT2D eigenvalue weighted by molar-refractivity contribution is 1.18. The first-order chi connectivity index (χ1) is 19.3. The van der Waals surface area contributed by atoms with Crippen molar-refractivity contribution in [2.24, 2.45) is 0 Å². The van der Waals surface area contributed by atoms with Gasteiger partial charge in [-0.1, -0.05) is 103 Å². The first kappa shape index (κ1) is 20.9. The molecule has 7 aromatic carbocycles. The molecule has 0 amide bonds. The highest BCUT2D eigenvalue weighted by atomic mass is 15.0. The molecule has 0 radical (unpaired) electrons. The minimum atomic E-state index is 1.18. The molecule has 9 rings (SSSR count). The van der Waals surface area contributed by atoms with Gasteiger partial charge in [0.15, 0.2) is 0 Å². The smallest absolute Gasteiger partial charge is 0.0547 e. The number of hydrogen-bond acceptors (Lipinski definition) is 0. The second-order valence-corrected chi connectivity index (χ2v) is 10.6. The van der Waals surface area contributed by atoms with Crippen molar-refractivity contribution in [2.45, 2.75) is 0 Å². The zero-order valence-corrected chi connectivity index (χ0v) is 21.2. The van der Waals surface area contributed by atoms with E-state index in [9.17, 15) is 0 Å². The molecule has 1 heterocycles. The number of fused-ring (bicyclic) bond motifs is 7. The van der Waals surface area contributed by atoms with Gasteiger partial charge in [-0.2, -0.15) is 0 Å². The van der Waals surface area contributed by atoms with Crippen molar-refractivity contribution in [2.75, 3.05) is 0 Å². The first-order valence-corrected chi connectivity index (χ1v) is 13.5. The molecule has 1 aliphatic rings. The van der Waals surface area contributed by atoms with Crippen molar-refractivity contribution in [3.63, 3.8) is 0 Å². The van der Waals surface area contributed by atoms with Crippen molar-refractivity contribution < 1.29 is 0 Å². The monoisotopic (exact) mass is 493 g/mol. The molecule has 39 heavy (non-hydrogen) atoms. The van der Waals surface area contributed by atoms with Crippen LogP contribution in [0.5, 0.6) is 0 Å². The fourth-order valence-electron chi connectivity index (χ4n) is 6.73. The van der Waals surface area contributed by atoms with Crippen LogP contribution in [-0.4, -0.2) is 4.57 Å². The van der Waals surface area contributed by atoms with Gasteiger partial charge in [-0.3, -0.25) is 0 Å². The second kappa shape index (κ2) is 7.69. The maximum absolute atomic E-state index is 2.42. The summed E-state index contributed by atoms with van der Waals surface area (Å²) < 4.78 is 2.42. The Kier molecular flexibility index (Phi) is 4.11. The Balaban J connectivity index is 1.25. The molecule has 180 valence electrons. The maximum atomic E-state index is 2.42. The van der Waals surface area contributed by atoms with Gasteiger partial charge >= 0.3 is 0 Å². The number of para-hydroxylation sites is 1. The zero-order chi connectivity index (χ0) is 25.5. The van der Waals surface area contributed by atoms with E-state index >= 15 is 0 Å². The fraction of sp³-hybridized carbons (Fsp3) is 0. The molecule has 0 spiro atoms. The van der Waals surface area contributed by atoms with Gasteiger partial charge in [0, 0.05) is 16.5 Å². The normalized spacial score (nSPS) is 12.1. The van der Waals surface area contributed by atoms with E-state index in [-0.39, 0.29) is 0 Å². The van der Waals surface area contributed by atoms with Crippen LogP contribution < -0.4 is 0 Å². The third kappa shape index (κ3) is 2.90. The van der Waals surface area contributed by atoms with Gasteiger partial charge in [-0.05, 0) is 91.3 Å². The molecular weight excluding hydrogens is 470 g/mol. The van der Waals surface area contributed by atoms with E-state index in [0.717, 1.165) is 0 Å². The van der Waals surface area contributed by atoms with Gasteiger partial charge in [0.1, 0.15) is 0 Å². The molecule has 1 nitrogen and oxygen atoms in total. The highest BCUT2D eigenvalue weighted by Crippen LogP contribution is 2.48. The summed E-state index contributed by atoms with van der Waals surface area (Å²) in [6, 6.07) is 51.3. The fourth-order valence-corrected chi connectivity index (χ4v) is 6.73. The van der Waals surface area contributed by atoms with Crippen LogP contribution in [0.4, 0.5) is 0 Å². The van der Waals surface area contributed by atoms with E-state index in [1.807, 2.05) is 0 Å². The van der Waals surface area contributed by atoms with Crippen molar-refractivity contribution in [3.05, 3.63) is 140 Å². The molecule has 0 saturated carbocycles. The third-order valence-electron chi connectivity index (χ3n) is 8.48. The van der Waals surface area contributed by atoms with Crippen LogP contribution in [0.2, 0.25) is 0 Å². The average Bonchev–Trinajstić information content (AvgIpc) is 3.49. The number of benzene rings is 7. The van der Waals surface area contributed by atoms with Crippen LogP contribution in [-0.2, 0) is 0 Å². The summed E-state index contributed by atoms with van der Waals surface area (Å²) in [6.45, 7) is 0. The number of aromatic nitrogens is 1. The summed E-state index contributed by atoms with van der Waals surface area (Å²) in [6.07, 6.45) is 0. The standard InChI is InChI=1S/C38H23N/c1-2-9-27-23-37-35(22-26(27)8-1)31-14-3-4-17-36(31)39(37)29-13-5-12-25(20-29)28-18-19-30-32-15-6-10-24-11-7-16-33(38(24)32)34(30)21-28/h1-23H. The Morgan fingerprint density at radius 1 is 0.359 bits per heavy atom. The maximum Gasteiger partial charge on any atom is 0.0547 e. The molecule has 1 aromatic heterocycles. The van der Waals surface area contributed by atoms with Gasteiger partial charge < -0.3 is 4.57 Å². The molecule has 0 saturated heterocycles. The lowest BCUT2D eigenvalue weighted by Gasteiger charge is -2.12. The highest BCUT2D eigenvalue weighted by Gasteiger charge is 2.21. The molecule has 0 bridgehead atoms. The van der Waals surface area contributed by atoms with E-state index in [0.29, 0.717) is 0 Å². The molecule has 1 aliphatic carbocycles. The largest absolute Gasteiger partial charge is 0.309 e. The first-order valence-electron chi connectivity index (χ1n) is 13.5. The van der Waals surface area contributed by atoms with Gasteiger partial charge in [-0.15, -0.1) is 0 Å². The summed E-state index contributed by atoms with van der Waals surface area (Å²) in [5.41, 5.74) is 11.5. The molecule has 8 aromatic rings. The summed E-state index contributed by atoms with van der Waals surface area (Å²) in [7, 11) is 0. The molecule has 0 unspecified atom stereocenters. The molecule has 0 N–H and O–H groups in total. The van der Waals surface area contributed by atoms with Crippen LogP contribution in [0.25, 0.3) is 82.4 Å². The Hall–Kier alpha value is -5.14. The molecule has 0 aliphatic heterocycles. The summed E-state index contributed by atoms with van der Waals surface area (Å²) in [4.78, 5) is 0. The van der Waals surface area contributed by atoms with Crippen molar-refractivity contribution in [1.29, 1.82) is 0 Å². The van der Waals surface area contributed by atoms with E-state index < -0.39 is 0 Å². The van der Waals surface area contributed by atoms with Crippen LogP contribution >= 0.6 is 0 Å². The van der Waals surface area contributed by atoms with Crippen molar-refractivity contribution in [3.8, 4) is 39.1 Å².